The number of hydrogen-bond acceptors (Lipinski definition) is 2. The van der Waals surface area contributed by atoms with Crippen LogP contribution in [0.2, 0.25) is 0 Å². The first-order valence-corrected chi connectivity index (χ1v) is 6.22. The van der Waals surface area contributed by atoms with Gasteiger partial charge >= 0.3 is 12.6 Å². The summed E-state index contributed by atoms with van der Waals surface area (Å²) in [5.74, 6) is -3.06. The molecule has 0 atom stereocenters. The normalized spacial score (nSPS) is 11.1. The van der Waals surface area contributed by atoms with Gasteiger partial charge in [-0.05, 0) is 17.2 Å². The number of aromatic carboxylic acids is 1. The van der Waals surface area contributed by atoms with E-state index in [1.54, 1.807) is 36.4 Å². The SMILES string of the molecule is O=C(O)c1c(/C=C/c2ccccc2)cc(F)cc1OC(F)F. The molecule has 114 valence electrons. The quantitative estimate of drug-likeness (QED) is 0.838. The molecule has 0 radical (unpaired) electrons. The van der Waals surface area contributed by atoms with Crippen molar-refractivity contribution in [2.45, 2.75) is 6.61 Å². The molecule has 0 spiro atoms. The van der Waals surface area contributed by atoms with Crippen LogP contribution in [0.5, 0.6) is 5.75 Å². The molecule has 0 aromatic heterocycles. The van der Waals surface area contributed by atoms with Crippen LogP contribution in [0.25, 0.3) is 12.2 Å². The fraction of sp³-hybridized carbons (Fsp3) is 0.0625. The van der Waals surface area contributed by atoms with Gasteiger partial charge in [0.2, 0.25) is 0 Å². The molecule has 0 saturated heterocycles. The van der Waals surface area contributed by atoms with Crippen molar-refractivity contribution in [3.05, 3.63) is 65.0 Å². The molecule has 2 rings (SSSR count). The van der Waals surface area contributed by atoms with Gasteiger partial charge in [0.05, 0.1) is 0 Å². The van der Waals surface area contributed by atoms with E-state index in [1.807, 2.05) is 0 Å². The monoisotopic (exact) mass is 308 g/mol. The van der Waals surface area contributed by atoms with Crippen molar-refractivity contribution in [3.8, 4) is 5.75 Å². The Kier molecular flexibility index (Phi) is 4.83. The second-order valence-electron chi connectivity index (χ2n) is 4.30. The van der Waals surface area contributed by atoms with Crippen molar-refractivity contribution in [1.82, 2.24) is 0 Å². The number of halogens is 3. The fourth-order valence-electron chi connectivity index (χ4n) is 1.90. The number of rotatable bonds is 5. The van der Waals surface area contributed by atoms with Crippen LogP contribution in [0.3, 0.4) is 0 Å². The Hall–Kier alpha value is -2.76. The first-order chi connectivity index (χ1) is 10.5. The molecule has 0 fully saturated rings. The minimum atomic E-state index is -3.24. The van der Waals surface area contributed by atoms with Crippen molar-refractivity contribution in [1.29, 1.82) is 0 Å². The highest BCUT2D eigenvalue weighted by molar-refractivity contribution is 5.96. The average molecular weight is 308 g/mol. The zero-order valence-electron chi connectivity index (χ0n) is 11.2. The van der Waals surface area contributed by atoms with Gasteiger partial charge in [-0.2, -0.15) is 8.78 Å². The molecule has 2 aromatic carbocycles. The summed E-state index contributed by atoms with van der Waals surface area (Å²) in [4.78, 5) is 11.3. The number of ether oxygens (including phenoxy) is 1. The summed E-state index contributed by atoms with van der Waals surface area (Å²) in [6.45, 7) is -3.24. The molecule has 2 aromatic rings. The molecule has 0 aliphatic rings. The lowest BCUT2D eigenvalue weighted by Crippen LogP contribution is -2.09. The summed E-state index contributed by atoms with van der Waals surface area (Å²) in [6, 6.07) is 10.4. The van der Waals surface area contributed by atoms with Gasteiger partial charge in [0, 0.05) is 6.07 Å². The van der Waals surface area contributed by atoms with Crippen LogP contribution in [-0.4, -0.2) is 17.7 Å². The molecular weight excluding hydrogens is 297 g/mol. The summed E-state index contributed by atoms with van der Waals surface area (Å²) in [6.07, 6.45) is 2.88. The van der Waals surface area contributed by atoms with Gasteiger partial charge in [-0.1, -0.05) is 42.5 Å². The molecule has 0 unspecified atom stereocenters. The van der Waals surface area contributed by atoms with Crippen LogP contribution in [0.4, 0.5) is 13.2 Å². The Morgan fingerprint density at radius 1 is 1.14 bits per heavy atom. The second-order valence-corrected chi connectivity index (χ2v) is 4.30. The number of benzene rings is 2. The highest BCUT2D eigenvalue weighted by Crippen LogP contribution is 2.27. The first-order valence-electron chi connectivity index (χ1n) is 6.22. The predicted molar refractivity (Wildman–Crippen MR) is 75.4 cm³/mol. The van der Waals surface area contributed by atoms with Gasteiger partial charge in [-0.25, -0.2) is 9.18 Å². The van der Waals surface area contributed by atoms with Crippen LogP contribution >= 0.6 is 0 Å². The smallest absolute Gasteiger partial charge is 0.387 e. The minimum Gasteiger partial charge on any atom is -0.478 e. The number of hydrogen-bond donors (Lipinski definition) is 1. The highest BCUT2D eigenvalue weighted by Gasteiger charge is 2.20. The number of carbonyl (C=O) groups is 1. The van der Waals surface area contributed by atoms with E-state index in [-0.39, 0.29) is 5.56 Å². The zero-order chi connectivity index (χ0) is 16.1. The van der Waals surface area contributed by atoms with Crippen molar-refractivity contribution >= 4 is 18.1 Å². The lowest BCUT2D eigenvalue weighted by atomic mass is 10.0. The number of alkyl halides is 2. The molecule has 6 heteroatoms. The second kappa shape index (κ2) is 6.80. The van der Waals surface area contributed by atoms with Crippen LogP contribution < -0.4 is 4.74 Å². The third-order valence-corrected chi connectivity index (χ3v) is 2.78. The average Bonchev–Trinajstić information content (AvgIpc) is 2.44. The van der Waals surface area contributed by atoms with Crippen molar-refractivity contribution in [2.24, 2.45) is 0 Å². The Labute approximate surface area is 124 Å². The summed E-state index contributed by atoms with van der Waals surface area (Å²) in [5.41, 5.74) is 0.167. The molecular formula is C16H11F3O3. The van der Waals surface area contributed by atoms with Gasteiger partial charge in [0.1, 0.15) is 17.1 Å². The van der Waals surface area contributed by atoms with E-state index < -0.39 is 29.7 Å². The Balaban J connectivity index is 2.47. The molecule has 1 N–H and O–H groups in total. The van der Waals surface area contributed by atoms with Crippen molar-refractivity contribution in [3.63, 3.8) is 0 Å². The molecule has 3 nitrogen and oxygen atoms in total. The lowest BCUT2D eigenvalue weighted by molar-refractivity contribution is -0.0504. The molecule has 0 amide bonds. The van der Waals surface area contributed by atoms with Crippen LogP contribution in [-0.2, 0) is 0 Å². The predicted octanol–water partition coefficient (Wildman–Crippen LogP) is 4.30. The molecule has 22 heavy (non-hydrogen) atoms. The number of carboxylic acids is 1. The van der Waals surface area contributed by atoms with Gasteiger partial charge in [0.15, 0.2) is 0 Å². The largest absolute Gasteiger partial charge is 0.478 e. The molecule has 0 heterocycles. The van der Waals surface area contributed by atoms with Gasteiger partial charge in [-0.15, -0.1) is 0 Å². The highest BCUT2D eigenvalue weighted by atomic mass is 19.3. The maximum atomic E-state index is 13.5. The lowest BCUT2D eigenvalue weighted by Gasteiger charge is -2.10. The Morgan fingerprint density at radius 2 is 1.82 bits per heavy atom. The summed E-state index contributed by atoms with van der Waals surface area (Å²) in [5, 5.41) is 9.17. The van der Waals surface area contributed by atoms with Gasteiger partial charge in [0.25, 0.3) is 0 Å². The first kappa shape index (κ1) is 15.6. The van der Waals surface area contributed by atoms with E-state index >= 15 is 0 Å². The molecule has 0 bridgehead atoms. The van der Waals surface area contributed by atoms with Gasteiger partial charge in [-0.3, -0.25) is 0 Å². The summed E-state index contributed by atoms with van der Waals surface area (Å²) in [7, 11) is 0. The molecule has 0 aliphatic carbocycles. The summed E-state index contributed by atoms with van der Waals surface area (Å²) < 4.78 is 42.2. The van der Waals surface area contributed by atoms with E-state index in [0.717, 1.165) is 11.6 Å². The molecule has 0 saturated carbocycles. The van der Waals surface area contributed by atoms with Crippen LogP contribution in [0.15, 0.2) is 42.5 Å². The van der Waals surface area contributed by atoms with Crippen LogP contribution in [0, 0.1) is 5.82 Å². The molecule has 0 aliphatic heterocycles. The third-order valence-electron chi connectivity index (χ3n) is 2.78. The Bertz CT molecular complexity index is 697. The minimum absolute atomic E-state index is 0.0630. The van der Waals surface area contributed by atoms with Crippen LogP contribution in [0.1, 0.15) is 21.5 Å². The van der Waals surface area contributed by atoms with Gasteiger partial charge < -0.3 is 9.84 Å². The van der Waals surface area contributed by atoms with E-state index in [2.05, 4.69) is 4.74 Å². The maximum absolute atomic E-state index is 13.5. The van der Waals surface area contributed by atoms with E-state index in [1.165, 1.54) is 6.08 Å². The topological polar surface area (TPSA) is 46.5 Å². The van der Waals surface area contributed by atoms with Crippen molar-refractivity contribution < 1.29 is 27.8 Å². The Morgan fingerprint density at radius 3 is 2.41 bits per heavy atom. The fourth-order valence-corrected chi connectivity index (χ4v) is 1.90. The van der Waals surface area contributed by atoms with E-state index in [9.17, 15) is 18.0 Å². The standard InChI is InChI=1S/C16H11F3O3/c17-12-8-11(7-6-10-4-2-1-3-5-10)14(15(20)21)13(9-12)22-16(18)19/h1-9,16H,(H,20,21)/b7-6+. The zero-order valence-corrected chi connectivity index (χ0v) is 11.2. The summed E-state index contributed by atoms with van der Waals surface area (Å²) >= 11 is 0. The van der Waals surface area contributed by atoms with Crippen molar-refractivity contribution in [2.75, 3.05) is 0 Å². The third kappa shape index (κ3) is 3.88. The number of carboxylic acid groups (broad SMARTS) is 1. The van der Waals surface area contributed by atoms with E-state index in [0.29, 0.717) is 6.07 Å². The van der Waals surface area contributed by atoms with E-state index in [4.69, 9.17) is 5.11 Å². The maximum Gasteiger partial charge on any atom is 0.387 e.